The van der Waals surface area contributed by atoms with E-state index < -0.39 is 0 Å². The number of rotatable bonds is 3. The van der Waals surface area contributed by atoms with Gasteiger partial charge in [-0.3, -0.25) is 4.79 Å². The number of fused-ring (bicyclic) bond motifs is 3. The summed E-state index contributed by atoms with van der Waals surface area (Å²) in [6.45, 7) is 7.09. The Bertz CT molecular complexity index is 1120. The van der Waals surface area contributed by atoms with Gasteiger partial charge >= 0.3 is 11.7 Å². The van der Waals surface area contributed by atoms with Gasteiger partial charge in [0, 0.05) is 16.6 Å². The first kappa shape index (κ1) is 18.7. The lowest BCUT2D eigenvalue weighted by Gasteiger charge is -2.39. The molecule has 2 aromatic heterocycles. The van der Waals surface area contributed by atoms with Gasteiger partial charge in [-0.15, -0.1) is 0 Å². The highest BCUT2D eigenvalue weighted by Gasteiger charge is 2.61. The molecule has 3 aromatic rings. The summed E-state index contributed by atoms with van der Waals surface area (Å²) < 4.78 is 1.94. The molecule has 4 nitrogen and oxygen atoms in total. The normalized spacial score (nSPS) is 27.4. The van der Waals surface area contributed by atoms with Crippen LogP contribution >= 0.6 is 11.6 Å². The Balaban J connectivity index is 1.52. The monoisotopic (exact) mass is 408 g/mol. The number of carbonyl (C=O) groups is 1. The molecule has 2 fully saturated rings. The van der Waals surface area contributed by atoms with E-state index in [0.29, 0.717) is 16.8 Å². The van der Waals surface area contributed by atoms with Gasteiger partial charge in [0.2, 0.25) is 0 Å². The maximum absolute atomic E-state index is 13.4. The molecular formula is C24H27ClN3O+. The fraction of sp³-hybridized carbons (Fsp3) is 0.417. The minimum Gasteiger partial charge on any atom is -0.342 e. The third-order valence-electron chi connectivity index (χ3n) is 8.03. The molecule has 2 heterocycles. The molecule has 150 valence electrons. The van der Waals surface area contributed by atoms with Crippen molar-refractivity contribution < 1.29 is 9.20 Å². The first-order valence-electron chi connectivity index (χ1n) is 10.4. The highest BCUT2D eigenvalue weighted by atomic mass is 35.5. The zero-order valence-electron chi connectivity index (χ0n) is 17.1. The number of nitrogens with zero attached hydrogens (tertiary/aromatic N) is 1. The molecule has 2 saturated carbocycles. The molecule has 1 aromatic carbocycles. The summed E-state index contributed by atoms with van der Waals surface area (Å²) in [6.07, 6.45) is 5.46. The molecule has 1 amide bonds. The predicted molar refractivity (Wildman–Crippen MR) is 115 cm³/mol. The molecule has 2 N–H and O–H groups in total. The molecule has 1 unspecified atom stereocenters. The second kappa shape index (κ2) is 6.33. The number of pyridine rings is 1. The summed E-state index contributed by atoms with van der Waals surface area (Å²) in [4.78, 5) is 16.7. The lowest BCUT2D eigenvalue weighted by molar-refractivity contribution is -0.514. The predicted octanol–water partition coefficient (Wildman–Crippen LogP) is 5.02. The van der Waals surface area contributed by atoms with Crippen molar-refractivity contribution in [3.8, 4) is 11.3 Å². The van der Waals surface area contributed by atoms with Crippen LogP contribution in [0.15, 0.2) is 48.7 Å². The summed E-state index contributed by atoms with van der Waals surface area (Å²) in [5.74, 6) is 1.20. The van der Waals surface area contributed by atoms with E-state index in [9.17, 15) is 4.79 Å². The summed E-state index contributed by atoms with van der Waals surface area (Å²) in [7, 11) is 0. The van der Waals surface area contributed by atoms with E-state index in [1.807, 2.05) is 53.1 Å². The van der Waals surface area contributed by atoms with Crippen LogP contribution in [-0.2, 0) is 0 Å². The number of imidazole rings is 1. The standard InChI is InChI=1S/C24H26ClN3O/c1-23(2)16-10-11-24(23,3)19(14-16)26-22(29)21-27-20(15-7-6-8-17(25)13-15)18-9-4-5-12-28(18)21/h4-9,12-13,16,19H,10-11,14H2,1-3H3,(H,26,29)/p+1/t16?,19-,24-/m0/s1. The second-order valence-corrected chi connectivity index (χ2v) is 9.89. The van der Waals surface area contributed by atoms with E-state index in [-0.39, 0.29) is 22.8 Å². The van der Waals surface area contributed by atoms with Crippen LogP contribution in [0.5, 0.6) is 0 Å². The number of hydrogen-bond donors (Lipinski definition) is 2. The molecule has 0 saturated heterocycles. The van der Waals surface area contributed by atoms with Crippen LogP contribution in [0.2, 0.25) is 5.02 Å². The largest absolute Gasteiger partial charge is 0.351 e. The van der Waals surface area contributed by atoms with Gasteiger partial charge in [0.15, 0.2) is 11.2 Å². The van der Waals surface area contributed by atoms with Crippen molar-refractivity contribution >= 4 is 23.0 Å². The lowest BCUT2D eigenvalue weighted by Crippen LogP contribution is -2.48. The minimum absolute atomic E-state index is 0.0472. The Morgan fingerprint density at radius 3 is 2.72 bits per heavy atom. The van der Waals surface area contributed by atoms with Gasteiger partial charge in [-0.2, -0.15) is 4.40 Å². The smallest absolute Gasteiger partial charge is 0.342 e. The Kier molecular flexibility index (Phi) is 4.08. The Hall–Kier alpha value is -2.33. The minimum atomic E-state index is -0.0472. The number of benzene rings is 1. The van der Waals surface area contributed by atoms with E-state index in [1.54, 1.807) is 0 Å². The molecule has 3 atom stereocenters. The van der Waals surface area contributed by atoms with Crippen LogP contribution in [0.4, 0.5) is 0 Å². The fourth-order valence-electron chi connectivity index (χ4n) is 5.76. The van der Waals surface area contributed by atoms with Crippen LogP contribution in [0.3, 0.4) is 0 Å². The van der Waals surface area contributed by atoms with E-state index in [2.05, 4.69) is 31.1 Å². The van der Waals surface area contributed by atoms with Crippen molar-refractivity contribution in [2.24, 2.45) is 16.7 Å². The SMILES string of the molecule is CC1(C)C2CC[C@@]1(C)[C@@H](NC(=O)c1[nH]c(-c3cccc(Cl)c3)c3cccc[n+]13)C2. The van der Waals surface area contributed by atoms with Crippen LogP contribution < -0.4 is 9.72 Å². The molecule has 0 spiro atoms. The topological polar surface area (TPSA) is 49.0 Å². The molecular weight excluding hydrogens is 382 g/mol. The number of carbonyl (C=O) groups excluding carboxylic acids is 1. The highest BCUT2D eigenvalue weighted by Crippen LogP contribution is 2.65. The summed E-state index contributed by atoms with van der Waals surface area (Å²) in [5.41, 5.74) is 3.24. The second-order valence-electron chi connectivity index (χ2n) is 9.45. The molecule has 5 rings (SSSR count). The van der Waals surface area contributed by atoms with Crippen LogP contribution in [0.25, 0.3) is 16.8 Å². The number of H-pyrrole nitrogens is 1. The van der Waals surface area contributed by atoms with Gasteiger partial charge in [-0.1, -0.05) is 50.6 Å². The summed E-state index contributed by atoms with van der Waals surface area (Å²) in [6, 6.07) is 13.9. The number of hydrogen-bond acceptors (Lipinski definition) is 1. The van der Waals surface area contributed by atoms with Gasteiger partial charge in [0.1, 0.15) is 0 Å². The molecule has 0 aliphatic heterocycles. The van der Waals surface area contributed by atoms with Crippen molar-refractivity contribution in [2.45, 2.75) is 46.1 Å². The highest BCUT2D eigenvalue weighted by molar-refractivity contribution is 6.30. The number of halogens is 1. The maximum atomic E-state index is 13.4. The maximum Gasteiger partial charge on any atom is 0.351 e. The Morgan fingerprint density at radius 1 is 1.21 bits per heavy atom. The molecule has 2 aliphatic carbocycles. The molecule has 2 aliphatic rings. The van der Waals surface area contributed by atoms with Gasteiger partial charge < -0.3 is 5.32 Å². The van der Waals surface area contributed by atoms with Crippen LogP contribution in [0.1, 0.15) is 50.7 Å². The van der Waals surface area contributed by atoms with Crippen molar-refractivity contribution in [1.29, 1.82) is 0 Å². The fourth-order valence-corrected chi connectivity index (χ4v) is 5.95. The quantitative estimate of drug-likeness (QED) is 0.587. The number of amides is 1. The van der Waals surface area contributed by atoms with E-state index in [4.69, 9.17) is 11.6 Å². The molecule has 2 bridgehead atoms. The third-order valence-corrected chi connectivity index (χ3v) is 8.26. The van der Waals surface area contributed by atoms with Gasteiger partial charge in [-0.05, 0) is 60.3 Å². The van der Waals surface area contributed by atoms with Crippen molar-refractivity contribution in [3.63, 3.8) is 0 Å². The average Bonchev–Trinajstić information content (AvgIpc) is 3.24. The van der Waals surface area contributed by atoms with Crippen molar-refractivity contribution in [3.05, 3.63) is 59.5 Å². The van der Waals surface area contributed by atoms with Gasteiger partial charge in [0.25, 0.3) is 0 Å². The Labute approximate surface area is 176 Å². The van der Waals surface area contributed by atoms with Crippen LogP contribution in [-0.4, -0.2) is 16.9 Å². The average molecular weight is 409 g/mol. The first-order chi connectivity index (χ1) is 13.8. The number of nitrogens with one attached hydrogen (secondary N) is 2. The number of aromatic amines is 1. The van der Waals surface area contributed by atoms with E-state index in [0.717, 1.165) is 23.2 Å². The summed E-state index contributed by atoms with van der Waals surface area (Å²) in [5, 5.41) is 4.05. The third kappa shape index (κ3) is 2.65. The Morgan fingerprint density at radius 2 is 2.03 bits per heavy atom. The zero-order valence-corrected chi connectivity index (χ0v) is 17.9. The van der Waals surface area contributed by atoms with Crippen LogP contribution in [0, 0.1) is 16.7 Å². The van der Waals surface area contributed by atoms with Crippen molar-refractivity contribution in [2.75, 3.05) is 0 Å². The molecule has 29 heavy (non-hydrogen) atoms. The lowest BCUT2D eigenvalue weighted by atomic mass is 9.69. The van der Waals surface area contributed by atoms with E-state index >= 15 is 0 Å². The zero-order chi connectivity index (χ0) is 20.4. The first-order valence-corrected chi connectivity index (χ1v) is 10.8. The number of aromatic nitrogens is 2. The van der Waals surface area contributed by atoms with Crippen molar-refractivity contribution in [1.82, 2.24) is 10.3 Å². The van der Waals surface area contributed by atoms with E-state index in [1.165, 1.54) is 12.8 Å². The van der Waals surface area contributed by atoms with Gasteiger partial charge in [-0.25, -0.2) is 4.98 Å². The summed E-state index contributed by atoms with van der Waals surface area (Å²) >= 11 is 6.21. The molecule has 0 radical (unpaired) electrons. The van der Waals surface area contributed by atoms with Gasteiger partial charge in [0.05, 0.1) is 6.20 Å². The molecule has 5 heteroatoms.